The van der Waals surface area contributed by atoms with Crippen LogP contribution in [0.1, 0.15) is 0 Å². The molecule has 0 saturated carbocycles. The predicted molar refractivity (Wildman–Crippen MR) is 24.8 cm³/mol. The van der Waals surface area contributed by atoms with Crippen molar-refractivity contribution in [3.63, 3.8) is 0 Å². The second-order valence-corrected chi connectivity index (χ2v) is 1.02. The highest BCUT2D eigenvalue weighted by Crippen LogP contribution is 1.55. The molecule has 1 radical (unpaired) electrons. The first-order valence-electron chi connectivity index (χ1n) is 1.89. The first kappa shape index (κ1) is 6.81. The van der Waals surface area contributed by atoms with Crippen LogP contribution in [0.25, 0.3) is 0 Å². The van der Waals surface area contributed by atoms with E-state index in [4.69, 9.17) is 0 Å². The summed E-state index contributed by atoms with van der Waals surface area (Å²) in [5.74, 6) is -0.753. The molecule has 0 saturated heterocycles. The topological polar surface area (TPSA) is 63.2 Å². The van der Waals surface area contributed by atoms with Crippen molar-refractivity contribution < 1.29 is 14.4 Å². The van der Waals surface area contributed by atoms with E-state index in [2.05, 4.69) is 0 Å². The van der Waals surface area contributed by atoms with Crippen molar-refractivity contribution in [2.45, 2.75) is 0 Å². The summed E-state index contributed by atoms with van der Waals surface area (Å²) in [7, 11) is 0. The molecule has 0 rings (SSSR count). The molecule has 0 unspecified atom stereocenters. The Balaban J connectivity index is 3.24. The fraction of sp³-hybridized carbons (Fsp3) is 0.250. The Bertz CT molecular complexity index is 110. The molecule has 4 heteroatoms. The molecule has 0 aromatic rings. The smallest absolute Gasteiger partial charge is 0.274 e. The number of carbonyl (C=O) groups is 2. The van der Waals surface area contributed by atoms with Gasteiger partial charge in [-0.15, -0.1) is 0 Å². The number of carbonyl (C=O) groups excluding carboxylic acids is 3. The SMILES string of the molecule is O=[C]C(=O)CNC=O. The molecule has 0 aromatic carbocycles. The van der Waals surface area contributed by atoms with Gasteiger partial charge in [-0.1, -0.05) is 0 Å². The zero-order valence-corrected chi connectivity index (χ0v) is 4.01. The minimum absolute atomic E-state index is 0.257. The van der Waals surface area contributed by atoms with E-state index in [0.29, 0.717) is 6.41 Å². The second-order valence-electron chi connectivity index (χ2n) is 1.02. The standard InChI is InChI=1S/C4H4NO3/c6-2-4(8)1-5-3-7/h3H,1H2,(H,5,7). The normalized spacial score (nSPS) is 7.50. The van der Waals surface area contributed by atoms with Gasteiger partial charge in [0.1, 0.15) is 0 Å². The van der Waals surface area contributed by atoms with E-state index in [-0.39, 0.29) is 6.54 Å². The van der Waals surface area contributed by atoms with Gasteiger partial charge in [-0.3, -0.25) is 14.4 Å². The van der Waals surface area contributed by atoms with Crippen LogP contribution in [0.3, 0.4) is 0 Å². The third kappa shape index (κ3) is 3.02. The van der Waals surface area contributed by atoms with E-state index >= 15 is 0 Å². The molecule has 0 aliphatic carbocycles. The average Bonchev–Trinajstić information content (AvgIpc) is 1.83. The molecular weight excluding hydrogens is 110 g/mol. The summed E-state index contributed by atoms with van der Waals surface area (Å²) in [4.78, 5) is 28.7. The third-order valence-corrected chi connectivity index (χ3v) is 0.460. The highest BCUT2D eigenvalue weighted by Gasteiger charge is 1.95. The molecule has 0 bridgehead atoms. The van der Waals surface area contributed by atoms with E-state index in [1.807, 2.05) is 5.32 Å². The van der Waals surface area contributed by atoms with E-state index in [0.717, 1.165) is 6.29 Å². The number of nitrogens with one attached hydrogen (secondary N) is 1. The molecule has 4 nitrogen and oxygen atoms in total. The maximum Gasteiger partial charge on any atom is 0.274 e. The molecule has 1 amide bonds. The van der Waals surface area contributed by atoms with Gasteiger partial charge >= 0.3 is 0 Å². The van der Waals surface area contributed by atoms with Crippen molar-refractivity contribution in [2.24, 2.45) is 0 Å². The summed E-state index contributed by atoms with van der Waals surface area (Å²) in [5.41, 5.74) is 0. The lowest BCUT2D eigenvalue weighted by Crippen LogP contribution is -2.21. The second kappa shape index (κ2) is 3.98. The average molecular weight is 114 g/mol. The number of rotatable bonds is 4. The van der Waals surface area contributed by atoms with Crippen LogP contribution in [0.2, 0.25) is 0 Å². The largest absolute Gasteiger partial charge is 0.351 e. The van der Waals surface area contributed by atoms with Crippen LogP contribution in [0.15, 0.2) is 0 Å². The lowest BCUT2D eigenvalue weighted by molar-refractivity contribution is -0.115. The number of Topliss-reactive ketones (excluding diaryl/α,β-unsaturated/α-hetero) is 1. The van der Waals surface area contributed by atoms with Crippen LogP contribution < -0.4 is 5.32 Å². The maximum absolute atomic E-state index is 9.93. The van der Waals surface area contributed by atoms with Gasteiger partial charge in [-0.25, -0.2) is 0 Å². The molecule has 8 heavy (non-hydrogen) atoms. The van der Waals surface area contributed by atoms with Crippen molar-refractivity contribution in [1.82, 2.24) is 5.32 Å². The van der Waals surface area contributed by atoms with Crippen LogP contribution in [-0.4, -0.2) is 25.0 Å². The Labute approximate surface area is 45.9 Å². The van der Waals surface area contributed by atoms with E-state index in [1.165, 1.54) is 0 Å². The number of hydrogen-bond acceptors (Lipinski definition) is 3. The summed E-state index contributed by atoms with van der Waals surface area (Å²) in [6.45, 7) is -0.257. The fourth-order valence-corrected chi connectivity index (χ4v) is 0.170. The van der Waals surface area contributed by atoms with Crippen molar-refractivity contribution in [2.75, 3.05) is 6.54 Å². The van der Waals surface area contributed by atoms with Crippen LogP contribution >= 0.6 is 0 Å². The number of ketones is 1. The monoisotopic (exact) mass is 114 g/mol. The molecule has 0 atom stereocenters. The molecule has 0 heterocycles. The summed E-state index contributed by atoms with van der Waals surface area (Å²) in [6, 6.07) is 0. The molecule has 1 N–H and O–H groups in total. The molecule has 0 spiro atoms. The summed E-state index contributed by atoms with van der Waals surface area (Å²) in [5, 5.41) is 2.01. The first-order chi connectivity index (χ1) is 3.81. The lowest BCUT2D eigenvalue weighted by atomic mass is 10.4. The van der Waals surface area contributed by atoms with Gasteiger partial charge in [0.2, 0.25) is 12.2 Å². The van der Waals surface area contributed by atoms with Gasteiger partial charge in [0.05, 0.1) is 6.54 Å². The summed E-state index contributed by atoms with van der Waals surface area (Å²) >= 11 is 0. The Hall–Kier alpha value is -1.19. The van der Waals surface area contributed by atoms with Crippen LogP contribution in [-0.2, 0) is 14.4 Å². The molecule has 43 valence electrons. The minimum atomic E-state index is -0.753. The Morgan fingerprint density at radius 3 is 2.75 bits per heavy atom. The van der Waals surface area contributed by atoms with Gasteiger partial charge in [-0.05, 0) is 0 Å². The quantitative estimate of drug-likeness (QED) is 0.354. The molecule has 0 aromatic heterocycles. The third-order valence-electron chi connectivity index (χ3n) is 0.460. The van der Waals surface area contributed by atoms with Gasteiger partial charge in [-0.2, -0.15) is 0 Å². The Kier molecular flexibility index (Phi) is 3.39. The minimum Gasteiger partial charge on any atom is -0.351 e. The van der Waals surface area contributed by atoms with Crippen molar-refractivity contribution >= 4 is 18.5 Å². The zero-order valence-electron chi connectivity index (χ0n) is 4.01. The van der Waals surface area contributed by atoms with Crippen LogP contribution in [0.4, 0.5) is 0 Å². The molecule has 0 fully saturated rings. The van der Waals surface area contributed by atoms with Gasteiger partial charge in [0.25, 0.3) is 6.29 Å². The van der Waals surface area contributed by atoms with Crippen LogP contribution in [0, 0.1) is 0 Å². The van der Waals surface area contributed by atoms with E-state index in [9.17, 15) is 14.4 Å². The van der Waals surface area contributed by atoms with Crippen molar-refractivity contribution in [3.8, 4) is 0 Å². The number of hydrogen-bond donors (Lipinski definition) is 1. The predicted octanol–water partition coefficient (Wildman–Crippen LogP) is -1.59. The summed E-state index contributed by atoms with van der Waals surface area (Å²) in [6.07, 6.45) is 1.43. The van der Waals surface area contributed by atoms with Gasteiger partial charge < -0.3 is 5.32 Å². The lowest BCUT2D eigenvalue weighted by Gasteiger charge is -1.84. The fourth-order valence-electron chi connectivity index (χ4n) is 0.170. The Morgan fingerprint density at radius 2 is 2.38 bits per heavy atom. The van der Waals surface area contributed by atoms with Crippen molar-refractivity contribution in [1.29, 1.82) is 0 Å². The molecular formula is C4H4NO3. The summed E-state index contributed by atoms with van der Waals surface area (Å²) < 4.78 is 0. The molecule has 0 aliphatic heterocycles. The molecule has 0 aliphatic rings. The van der Waals surface area contributed by atoms with Crippen LogP contribution in [0.5, 0.6) is 0 Å². The van der Waals surface area contributed by atoms with Gasteiger partial charge in [0, 0.05) is 0 Å². The van der Waals surface area contributed by atoms with Crippen molar-refractivity contribution in [3.05, 3.63) is 0 Å². The van der Waals surface area contributed by atoms with Gasteiger partial charge in [0.15, 0.2) is 0 Å². The highest BCUT2D eigenvalue weighted by molar-refractivity contribution is 6.26. The van der Waals surface area contributed by atoms with E-state index in [1.54, 1.807) is 0 Å². The van der Waals surface area contributed by atoms with E-state index < -0.39 is 5.78 Å². The maximum atomic E-state index is 9.93. The zero-order chi connectivity index (χ0) is 6.41. The number of amides is 1. The Morgan fingerprint density at radius 1 is 1.75 bits per heavy atom. The highest BCUT2D eigenvalue weighted by atomic mass is 16.2. The first-order valence-corrected chi connectivity index (χ1v) is 1.89.